The fourth-order valence-electron chi connectivity index (χ4n) is 7.64. The van der Waals surface area contributed by atoms with E-state index in [1.807, 2.05) is 34.5 Å². The Balaban J connectivity index is 1.44. The first kappa shape index (κ1) is 27.7. The van der Waals surface area contributed by atoms with Gasteiger partial charge in [0, 0.05) is 73.8 Å². The van der Waals surface area contributed by atoms with Crippen LogP contribution in [0.5, 0.6) is 0 Å². The highest BCUT2D eigenvalue weighted by Crippen LogP contribution is 2.60. The number of allylic oxidation sites excluding steroid dienone is 2. The lowest BCUT2D eigenvalue weighted by atomic mass is 9.95. The Bertz CT molecular complexity index is 1430. The minimum Gasteiger partial charge on any atom is -0.372 e. The normalized spacial score (nSPS) is 27.7. The summed E-state index contributed by atoms with van der Waals surface area (Å²) in [5.41, 5.74) is 3.57. The number of benzene rings is 1. The van der Waals surface area contributed by atoms with Crippen LogP contribution in [0, 0.1) is 5.41 Å². The zero-order valence-electron chi connectivity index (χ0n) is 24.7. The number of anilines is 1. The van der Waals surface area contributed by atoms with Crippen LogP contribution < -0.4 is 4.90 Å². The average Bonchev–Trinajstić information content (AvgIpc) is 3.33. The van der Waals surface area contributed by atoms with E-state index in [9.17, 15) is 19.2 Å². The number of hydrogen-bond donors (Lipinski definition) is 0. The zero-order valence-corrected chi connectivity index (χ0v) is 24.7. The van der Waals surface area contributed by atoms with E-state index in [1.165, 1.54) is 0 Å². The second-order valence-electron chi connectivity index (χ2n) is 12.7. The zero-order chi connectivity index (χ0) is 28.9. The van der Waals surface area contributed by atoms with Gasteiger partial charge in [0.05, 0.1) is 11.6 Å². The quantitative estimate of drug-likeness (QED) is 0.407. The molecule has 4 aliphatic rings. The molecule has 2 aromatic rings. The number of amides is 2. The fraction of sp³-hybridized carbons (Fsp3) is 0.576. The van der Waals surface area contributed by atoms with Gasteiger partial charge in [-0.2, -0.15) is 0 Å². The van der Waals surface area contributed by atoms with Crippen molar-refractivity contribution in [2.24, 2.45) is 5.41 Å². The standard InChI is InChI=1S/C33H42N4O4/c1-4-28(39)27-17-33-18-29(33)37(27)31(41)20-36-19-26(22(2)38)25-16-24(35-13-9-10-14-35)15-23(32(25)36)11-7-5-6-8-12-30(40)34(3)21-33/h5,7,15-16,19,27,29H,4,6,8-14,17-18,20-21H2,1-3H3/b7-5+/t27-,29+,33-/m0/s1. The molecule has 6 rings (SSSR count). The highest BCUT2D eigenvalue weighted by molar-refractivity contribution is 6.09. The second-order valence-corrected chi connectivity index (χ2v) is 12.7. The van der Waals surface area contributed by atoms with E-state index in [-0.39, 0.29) is 41.4 Å². The number of ketones is 2. The van der Waals surface area contributed by atoms with Crippen LogP contribution in [0.1, 0.15) is 81.1 Å². The molecule has 4 heterocycles. The molecule has 1 saturated carbocycles. The minimum absolute atomic E-state index is 0.0162. The summed E-state index contributed by atoms with van der Waals surface area (Å²) in [6, 6.07) is 3.87. The van der Waals surface area contributed by atoms with Crippen LogP contribution in [0.4, 0.5) is 5.69 Å². The van der Waals surface area contributed by atoms with Crippen LogP contribution >= 0.6 is 0 Å². The molecular weight excluding hydrogens is 516 g/mol. The molecule has 2 bridgehead atoms. The van der Waals surface area contributed by atoms with Gasteiger partial charge in [-0.1, -0.05) is 19.1 Å². The third kappa shape index (κ3) is 4.99. The van der Waals surface area contributed by atoms with Crippen molar-refractivity contribution in [1.29, 1.82) is 0 Å². The summed E-state index contributed by atoms with van der Waals surface area (Å²) < 4.78 is 1.95. The van der Waals surface area contributed by atoms with Crippen molar-refractivity contribution in [3.8, 4) is 0 Å². The van der Waals surface area contributed by atoms with Gasteiger partial charge in [-0.25, -0.2) is 0 Å². The van der Waals surface area contributed by atoms with Gasteiger partial charge in [0.1, 0.15) is 6.54 Å². The van der Waals surface area contributed by atoms with Gasteiger partial charge in [-0.15, -0.1) is 0 Å². The Morgan fingerprint density at radius 1 is 1.02 bits per heavy atom. The molecule has 41 heavy (non-hydrogen) atoms. The maximum atomic E-state index is 14.1. The Labute approximate surface area is 242 Å². The molecule has 1 aromatic heterocycles. The molecule has 8 nitrogen and oxygen atoms in total. The van der Waals surface area contributed by atoms with Gasteiger partial charge in [0.2, 0.25) is 11.8 Å². The predicted molar refractivity (Wildman–Crippen MR) is 159 cm³/mol. The SMILES string of the molecule is CCC(=O)[C@@H]1C[C@@]23C[C@H]2N1C(=O)Cn1cc(C(C)=O)c2cc(N4CCCC4)cc(c21)C/C=C/CCCC(=O)N(C)C3. The number of carbonyl (C=O) groups is 4. The molecule has 1 aliphatic carbocycles. The van der Waals surface area contributed by atoms with Crippen molar-refractivity contribution < 1.29 is 19.2 Å². The first-order valence-corrected chi connectivity index (χ1v) is 15.4. The smallest absolute Gasteiger partial charge is 0.243 e. The summed E-state index contributed by atoms with van der Waals surface area (Å²) in [4.78, 5) is 59.0. The maximum absolute atomic E-state index is 14.1. The van der Waals surface area contributed by atoms with E-state index < -0.39 is 6.04 Å². The molecule has 218 valence electrons. The molecule has 3 aliphatic heterocycles. The van der Waals surface area contributed by atoms with Crippen LogP contribution in [0.3, 0.4) is 0 Å². The lowest BCUT2D eigenvalue weighted by Gasteiger charge is -2.27. The van der Waals surface area contributed by atoms with Crippen molar-refractivity contribution in [3.05, 3.63) is 41.6 Å². The van der Waals surface area contributed by atoms with Crippen molar-refractivity contribution in [3.63, 3.8) is 0 Å². The molecule has 1 aromatic carbocycles. The summed E-state index contributed by atoms with van der Waals surface area (Å²) in [6.07, 6.45) is 13.0. The molecule has 3 atom stereocenters. The Kier molecular flexibility index (Phi) is 7.28. The van der Waals surface area contributed by atoms with Crippen LogP contribution in [0.2, 0.25) is 0 Å². The molecule has 0 radical (unpaired) electrons. The first-order chi connectivity index (χ1) is 19.7. The van der Waals surface area contributed by atoms with Crippen molar-refractivity contribution in [1.82, 2.24) is 14.4 Å². The highest BCUT2D eigenvalue weighted by atomic mass is 16.2. The number of carbonyl (C=O) groups excluding carboxylic acids is 4. The van der Waals surface area contributed by atoms with E-state index in [0.717, 1.165) is 67.3 Å². The molecule has 0 N–H and O–H groups in total. The third-order valence-corrected chi connectivity index (χ3v) is 9.86. The summed E-state index contributed by atoms with van der Waals surface area (Å²) in [5.74, 6) is 0.101. The minimum atomic E-state index is -0.452. The Morgan fingerprint density at radius 3 is 2.54 bits per heavy atom. The Hall–Kier alpha value is -3.42. The second kappa shape index (κ2) is 10.8. The topological polar surface area (TPSA) is 82.9 Å². The molecule has 0 spiro atoms. The van der Waals surface area contributed by atoms with Crippen molar-refractivity contribution in [2.75, 3.05) is 31.6 Å². The van der Waals surface area contributed by atoms with Crippen molar-refractivity contribution >= 4 is 40.0 Å². The van der Waals surface area contributed by atoms with E-state index in [4.69, 9.17) is 0 Å². The van der Waals surface area contributed by atoms with Crippen molar-refractivity contribution in [2.45, 2.75) is 90.3 Å². The van der Waals surface area contributed by atoms with Crippen LogP contribution in [-0.2, 0) is 27.3 Å². The van der Waals surface area contributed by atoms with Gasteiger partial charge < -0.3 is 19.3 Å². The number of hydrogen-bond acceptors (Lipinski definition) is 5. The van der Waals surface area contributed by atoms with Gasteiger partial charge >= 0.3 is 0 Å². The monoisotopic (exact) mass is 558 g/mol. The lowest BCUT2D eigenvalue weighted by molar-refractivity contribution is -0.139. The van der Waals surface area contributed by atoms with E-state index in [2.05, 4.69) is 29.2 Å². The number of aromatic nitrogens is 1. The summed E-state index contributed by atoms with van der Waals surface area (Å²) in [5, 5.41) is 0.895. The first-order valence-electron chi connectivity index (χ1n) is 15.4. The molecule has 2 amide bonds. The molecule has 8 heteroatoms. The van der Waals surface area contributed by atoms with Crippen LogP contribution in [0.25, 0.3) is 10.9 Å². The summed E-state index contributed by atoms with van der Waals surface area (Å²) in [6.45, 7) is 6.11. The fourth-order valence-corrected chi connectivity index (χ4v) is 7.64. The van der Waals surface area contributed by atoms with E-state index >= 15 is 0 Å². The molecule has 0 unspecified atom stereocenters. The number of nitrogens with zero attached hydrogens (tertiary/aromatic N) is 4. The van der Waals surface area contributed by atoms with Crippen LogP contribution in [-0.4, -0.2) is 76.5 Å². The predicted octanol–water partition coefficient (Wildman–Crippen LogP) is 4.52. The Morgan fingerprint density at radius 2 is 1.80 bits per heavy atom. The van der Waals surface area contributed by atoms with Gasteiger partial charge in [-0.3, -0.25) is 19.2 Å². The van der Waals surface area contributed by atoms with Crippen LogP contribution in [0.15, 0.2) is 30.5 Å². The van der Waals surface area contributed by atoms with Gasteiger partial charge in [0.15, 0.2) is 11.6 Å². The largest absolute Gasteiger partial charge is 0.372 e. The number of piperidine rings is 1. The number of Topliss-reactive ketones (excluding diaryl/α,β-unsaturated/α-hetero) is 2. The van der Waals surface area contributed by atoms with Gasteiger partial charge in [-0.05, 0) is 69.6 Å². The number of rotatable bonds is 4. The summed E-state index contributed by atoms with van der Waals surface area (Å²) >= 11 is 0. The average molecular weight is 559 g/mol. The molecular formula is C33H42N4O4. The third-order valence-electron chi connectivity index (χ3n) is 9.86. The summed E-state index contributed by atoms with van der Waals surface area (Å²) in [7, 11) is 1.85. The lowest BCUT2D eigenvalue weighted by Crippen LogP contribution is -2.44. The van der Waals surface area contributed by atoms with Gasteiger partial charge in [0.25, 0.3) is 0 Å². The highest BCUT2D eigenvalue weighted by Gasteiger charge is 2.67. The van der Waals surface area contributed by atoms with E-state index in [0.29, 0.717) is 37.8 Å². The maximum Gasteiger partial charge on any atom is 0.243 e. The van der Waals surface area contributed by atoms with E-state index in [1.54, 1.807) is 6.92 Å². The molecule has 2 saturated heterocycles. The molecule has 3 fully saturated rings.